The molecule has 0 radical (unpaired) electrons. The van der Waals surface area contributed by atoms with Crippen LogP contribution in [-0.4, -0.2) is 54.8 Å². The van der Waals surface area contributed by atoms with Crippen LogP contribution in [0.1, 0.15) is 18.4 Å². The van der Waals surface area contributed by atoms with E-state index >= 15 is 0 Å². The van der Waals surface area contributed by atoms with Gasteiger partial charge in [-0.2, -0.15) is 0 Å². The quantitative estimate of drug-likeness (QED) is 0.858. The van der Waals surface area contributed by atoms with Crippen molar-refractivity contribution in [1.29, 1.82) is 0 Å². The van der Waals surface area contributed by atoms with Gasteiger partial charge in [0.25, 0.3) is 0 Å². The van der Waals surface area contributed by atoms with Crippen molar-refractivity contribution in [2.75, 3.05) is 20.8 Å². The molecule has 1 aromatic carbocycles. The average molecular weight is 307 g/mol. The first kappa shape index (κ1) is 16.3. The minimum Gasteiger partial charge on any atom is -0.497 e. The molecule has 0 bridgehead atoms. The molecule has 1 heterocycles. The van der Waals surface area contributed by atoms with Crippen molar-refractivity contribution in [3.63, 3.8) is 0 Å². The summed E-state index contributed by atoms with van der Waals surface area (Å²) in [6, 6.07) is 6.73. The smallest absolute Gasteiger partial charge is 0.326 e. The molecular formula is C16H21NO5. The van der Waals surface area contributed by atoms with Crippen LogP contribution in [0.25, 0.3) is 0 Å². The van der Waals surface area contributed by atoms with Crippen LogP contribution in [0.3, 0.4) is 0 Å². The molecule has 1 N–H and O–H groups in total. The molecule has 2 atom stereocenters. The van der Waals surface area contributed by atoms with Crippen LogP contribution in [-0.2, 0) is 20.7 Å². The summed E-state index contributed by atoms with van der Waals surface area (Å²) in [5, 5.41) is 9.23. The number of carboxylic acids is 1. The highest BCUT2D eigenvalue weighted by molar-refractivity contribution is 5.84. The Kier molecular flexibility index (Phi) is 5.38. The lowest BCUT2D eigenvalue weighted by atomic mass is 10.1. The number of carboxylic acid groups (broad SMARTS) is 1. The zero-order valence-electron chi connectivity index (χ0n) is 12.8. The van der Waals surface area contributed by atoms with Gasteiger partial charge in [0.05, 0.1) is 13.2 Å². The van der Waals surface area contributed by atoms with Gasteiger partial charge >= 0.3 is 5.97 Å². The number of hydrogen-bond donors (Lipinski definition) is 1. The van der Waals surface area contributed by atoms with Gasteiger partial charge in [0.2, 0.25) is 5.91 Å². The van der Waals surface area contributed by atoms with E-state index in [1.165, 1.54) is 12.0 Å². The molecule has 1 amide bonds. The summed E-state index contributed by atoms with van der Waals surface area (Å²) in [7, 11) is 3.13. The Morgan fingerprint density at radius 1 is 1.36 bits per heavy atom. The second-order valence-corrected chi connectivity index (χ2v) is 5.35. The number of hydrogen-bond acceptors (Lipinski definition) is 4. The number of amides is 1. The van der Waals surface area contributed by atoms with E-state index in [1.54, 1.807) is 7.11 Å². The van der Waals surface area contributed by atoms with Crippen LogP contribution >= 0.6 is 0 Å². The minimum atomic E-state index is -0.978. The molecule has 6 heteroatoms. The number of carbonyl (C=O) groups is 2. The summed E-state index contributed by atoms with van der Waals surface area (Å²) in [6.45, 7) is 0.338. The number of aliphatic carboxylic acids is 1. The summed E-state index contributed by atoms with van der Waals surface area (Å²) in [4.78, 5) is 25.0. The number of methoxy groups -OCH3 is 2. The van der Waals surface area contributed by atoms with Crippen LogP contribution in [0.4, 0.5) is 0 Å². The molecule has 2 rings (SSSR count). The predicted octanol–water partition coefficient (Wildman–Crippen LogP) is 1.33. The molecule has 1 aromatic rings. The standard InChI is InChI=1S/C16H21NO5/c1-21-12-5-3-4-11(8-12)6-7-15(18)17-10-13(22-2)9-14(17)16(19)20/h3-5,8,13-14H,6-7,9-10H2,1-2H3,(H,19,20). The normalized spacial score (nSPS) is 20.9. The fourth-order valence-electron chi connectivity index (χ4n) is 2.70. The van der Waals surface area contributed by atoms with Crippen molar-refractivity contribution in [3.05, 3.63) is 29.8 Å². The summed E-state index contributed by atoms with van der Waals surface area (Å²) in [5.41, 5.74) is 0.988. The van der Waals surface area contributed by atoms with Gasteiger partial charge in [-0.15, -0.1) is 0 Å². The minimum absolute atomic E-state index is 0.158. The van der Waals surface area contributed by atoms with Gasteiger partial charge in [0.15, 0.2) is 0 Å². The van der Waals surface area contributed by atoms with E-state index < -0.39 is 12.0 Å². The van der Waals surface area contributed by atoms with Crippen LogP contribution in [0.2, 0.25) is 0 Å². The zero-order valence-corrected chi connectivity index (χ0v) is 12.8. The molecule has 1 aliphatic rings. The predicted molar refractivity (Wildman–Crippen MR) is 79.9 cm³/mol. The number of likely N-dealkylation sites (tertiary alicyclic amines) is 1. The van der Waals surface area contributed by atoms with Crippen LogP contribution < -0.4 is 4.74 Å². The lowest BCUT2D eigenvalue weighted by Gasteiger charge is -2.21. The Balaban J connectivity index is 1.97. The van der Waals surface area contributed by atoms with Crippen molar-refractivity contribution in [1.82, 2.24) is 4.90 Å². The third kappa shape index (κ3) is 3.76. The van der Waals surface area contributed by atoms with E-state index in [9.17, 15) is 14.7 Å². The summed E-state index contributed by atoms with van der Waals surface area (Å²) >= 11 is 0. The van der Waals surface area contributed by atoms with Crippen molar-refractivity contribution in [2.24, 2.45) is 0 Å². The second-order valence-electron chi connectivity index (χ2n) is 5.35. The van der Waals surface area contributed by atoms with Crippen LogP contribution in [0.5, 0.6) is 5.75 Å². The van der Waals surface area contributed by atoms with Gasteiger partial charge in [-0.3, -0.25) is 4.79 Å². The molecule has 6 nitrogen and oxygen atoms in total. The first-order chi connectivity index (χ1) is 10.5. The first-order valence-corrected chi connectivity index (χ1v) is 7.23. The zero-order chi connectivity index (χ0) is 16.1. The van der Waals surface area contributed by atoms with Crippen molar-refractivity contribution >= 4 is 11.9 Å². The monoisotopic (exact) mass is 307 g/mol. The third-order valence-electron chi connectivity index (χ3n) is 3.96. The fraction of sp³-hybridized carbons (Fsp3) is 0.500. The number of rotatable bonds is 6. The molecule has 1 fully saturated rings. The van der Waals surface area contributed by atoms with E-state index in [0.29, 0.717) is 19.4 Å². The molecule has 1 saturated heterocycles. The molecule has 0 saturated carbocycles. The Bertz CT molecular complexity index is 545. The maximum absolute atomic E-state index is 12.3. The topological polar surface area (TPSA) is 76.1 Å². The maximum atomic E-state index is 12.3. The fourth-order valence-corrected chi connectivity index (χ4v) is 2.70. The van der Waals surface area contributed by atoms with Crippen LogP contribution in [0.15, 0.2) is 24.3 Å². The highest BCUT2D eigenvalue weighted by Gasteiger charge is 2.39. The molecule has 0 spiro atoms. The Hall–Kier alpha value is -2.08. The Morgan fingerprint density at radius 2 is 2.14 bits per heavy atom. The van der Waals surface area contributed by atoms with Crippen molar-refractivity contribution < 1.29 is 24.2 Å². The summed E-state index contributed by atoms with van der Waals surface area (Å²) in [6.07, 6.45) is 0.961. The maximum Gasteiger partial charge on any atom is 0.326 e. The number of benzene rings is 1. The van der Waals surface area contributed by atoms with E-state index in [-0.39, 0.29) is 18.4 Å². The van der Waals surface area contributed by atoms with E-state index in [4.69, 9.17) is 9.47 Å². The largest absolute Gasteiger partial charge is 0.497 e. The molecule has 2 unspecified atom stereocenters. The third-order valence-corrected chi connectivity index (χ3v) is 3.96. The van der Waals surface area contributed by atoms with Gasteiger partial charge in [-0.05, 0) is 24.1 Å². The lowest BCUT2D eigenvalue weighted by Crippen LogP contribution is -2.40. The van der Waals surface area contributed by atoms with E-state index in [1.807, 2.05) is 24.3 Å². The number of carbonyl (C=O) groups excluding carboxylic acids is 1. The Morgan fingerprint density at radius 3 is 2.77 bits per heavy atom. The molecule has 1 aliphatic heterocycles. The highest BCUT2D eigenvalue weighted by Crippen LogP contribution is 2.22. The van der Waals surface area contributed by atoms with Crippen LogP contribution in [0, 0.1) is 0 Å². The first-order valence-electron chi connectivity index (χ1n) is 7.23. The van der Waals surface area contributed by atoms with E-state index in [2.05, 4.69) is 0 Å². The van der Waals surface area contributed by atoms with Gasteiger partial charge in [0.1, 0.15) is 11.8 Å². The van der Waals surface area contributed by atoms with Gasteiger partial charge in [0, 0.05) is 26.5 Å². The van der Waals surface area contributed by atoms with Gasteiger partial charge in [-0.1, -0.05) is 12.1 Å². The SMILES string of the molecule is COc1cccc(CCC(=O)N2CC(OC)CC2C(=O)O)c1. The summed E-state index contributed by atoms with van der Waals surface area (Å²) in [5.74, 6) is -0.391. The van der Waals surface area contributed by atoms with Gasteiger partial charge in [-0.25, -0.2) is 4.79 Å². The van der Waals surface area contributed by atoms with Crippen molar-refractivity contribution in [2.45, 2.75) is 31.4 Å². The average Bonchev–Trinajstić information content (AvgIpc) is 2.97. The second kappa shape index (κ2) is 7.26. The highest BCUT2D eigenvalue weighted by atomic mass is 16.5. The molecule has 22 heavy (non-hydrogen) atoms. The molecule has 120 valence electrons. The van der Waals surface area contributed by atoms with E-state index in [0.717, 1.165) is 11.3 Å². The number of ether oxygens (including phenoxy) is 2. The number of nitrogens with zero attached hydrogens (tertiary/aromatic N) is 1. The number of aryl methyl sites for hydroxylation is 1. The molecule has 0 aromatic heterocycles. The summed E-state index contributed by atoms with van der Waals surface area (Å²) < 4.78 is 10.3. The Labute approximate surface area is 129 Å². The van der Waals surface area contributed by atoms with Crippen molar-refractivity contribution in [3.8, 4) is 5.75 Å². The molecular weight excluding hydrogens is 286 g/mol. The van der Waals surface area contributed by atoms with Gasteiger partial charge < -0.3 is 19.5 Å². The molecule has 0 aliphatic carbocycles. The lowest BCUT2D eigenvalue weighted by molar-refractivity contribution is -0.148.